The number of rotatable bonds is 8. The van der Waals surface area contributed by atoms with Gasteiger partial charge in [-0.2, -0.15) is 0 Å². The molecule has 0 N–H and O–H groups in total. The van der Waals surface area contributed by atoms with Crippen molar-refractivity contribution in [3.8, 4) is 5.82 Å². The zero-order valence-electron chi connectivity index (χ0n) is 41.2. The van der Waals surface area contributed by atoms with Gasteiger partial charge in [0.15, 0.2) is 0 Å². The summed E-state index contributed by atoms with van der Waals surface area (Å²) in [5, 5.41) is 1.86. The lowest BCUT2D eigenvalue weighted by Crippen LogP contribution is -2.59. The van der Waals surface area contributed by atoms with Crippen molar-refractivity contribution >= 4 is 71.4 Å². The van der Waals surface area contributed by atoms with Gasteiger partial charge in [0.05, 0.1) is 47.5 Å². The van der Waals surface area contributed by atoms with Gasteiger partial charge in [0.1, 0.15) is 12.5 Å². The summed E-state index contributed by atoms with van der Waals surface area (Å²) in [5.41, 5.74) is 12.9. The van der Waals surface area contributed by atoms with Crippen molar-refractivity contribution in [2.24, 2.45) is 0 Å². The predicted octanol–water partition coefficient (Wildman–Crippen LogP) is 12.8. The highest BCUT2D eigenvalue weighted by Crippen LogP contribution is 2.47. The lowest BCUT2D eigenvalue weighted by atomic mass is 9.50. The number of fused-ring (bicyclic) bond motifs is 4. The third kappa shape index (κ3) is 8.81. The van der Waals surface area contributed by atoms with Crippen molar-refractivity contribution in [2.75, 3.05) is 16.5 Å². The van der Waals surface area contributed by atoms with Gasteiger partial charge in [-0.25, -0.2) is 4.98 Å². The van der Waals surface area contributed by atoms with Gasteiger partial charge < -0.3 is 28.3 Å². The molecule has 0 unspecified atom stereocenters. The minimum atomic E-state index is -0.643. The van der Waals surface area contributed by atoms with Crippen molar-refractivity contribution in [1.29, 1.82) is 0 Å². The van der Waals surface area contributed by atoms with Crippen LogP contribution >= 0.6 is 0 Å². The van der Waals surface area contributed by atoms with E-state index >= 15 is 0 Å². The van der Waals surface area contributed by atoms with Crippen LogP contribution in [0, 0.1) is 6.92 Å². The number of para-hydroxylation sites is 4. The quantitative estimate of drug-likeness (QED) is 0.140. The molecule has 0 aliphatic carbocycles. The fourth-order valence-electron chi connectivity index (χ4n) is 9.18. The molecule has 0 amide bonds. The van der Waals surface area contributed by atoms with Crippen LogP contribution in [0.5, 0.6) is 0 Å². The van der Waals surface area contributed by atoms with E-state index in [9.17, 15) is 0 Å². The van der Waals surface area contributed by atoms with E-state index in [1.807, 2.05) is 12.4 Å². The first-order valence-corrected chi connectivity index (χ1v) is 23.4. The molecule has 1 fully saturated rings. The second kappa shape index (κ2) is 17.0. The van der Waals surface area contributed by atoms with Crippen molar-refractivity contribution in [3.63, 3.8) is 0 Å². The monoisotopic (exact) mass is 880 g/mol. The highest BCUT2D eigenvalue weighted by atomic mass is 16.7. The van der Waals surface area contributed by atoms with Crippen LogP contribution in [0.1, 0.15) is 111 Å². The molecule has 0 radical (unpaired) electrons. The molecule has 0 saturated carbocycles. The molecule has 5 heterocycles. The van der Waals surface area contributed by atoms with Gasteiger partial charge in [-0.3, -0.25) is 9.55 Å². The lowest BCUT2D eigenvalue weighted by molar-refractivity contribution is 0.106. The van der Waals surface area contributed by atoms with Crippen LogP contribution in [0.2, 0.25) is 10.6 Å². The van der Waals surface area contributed by atoms with Crippen LogP contribution < -0.4 is 15.3 Å². The molecule has 0 spiro atoms. The standard InChI is InChI=1S/C54H64B3N5O4/c1-36-38(34-63-33-37-25-26-42-41-19-14-15-22-45(41)62(48(42)29-37)49-31-39(27-28-58-49)51(2,3)4)30-40(32-59-36)60-35-61(47-24-17-16-23-46(47)60)50-43(52(5,6)7)20-18-21-44(50)55-64-56(53(8,9)10)66-57(65-55)54(11,12)13/h14-32H,33-35H2,1-13H3. The number of pyridine rings is 2. The van der Waals surface area contributed by atoms with E-state index in [4.69, 9.17) is 28.4 Å². The molecule has 1 saturated heterocycles. The molecule has 0 atom stereocenters. The first kappa shape index (κ1) is 45.8. The first-order valence-electron chi connectivity index (χ1n) is 23.4. The summed E-state index contributed by atoms with van der Waals surface area (Å²) in [6.45, 7) is 30.0. The van der Waals surface area contributed by atoms with Crippen molar-refractivity contribution in [3.05, 3.63) is 143 Å². The molecule has 2 aliphatic heterocycles. The largest absolute Gasteiger partial charge is 0.468 e. The van der Waals surface area contributed by atoms with Crippen LogP contribution in [-0.2, 0) is 42.5 Å². The van der Waals surface area contributed by atoms with E-state index in [-0.39, 0.29) is 21.5 Å². The Balaban J connectivity index is 1.01. The summed E-state index contributed by atoms with van der Waals surface area (Å²) in [6, 6.07) is 37.0. The van der Waals surface area contributed by atoms with Gasteiger partial charge in [-0.15, -0.1) is 0 Å². The third-order valence-electron chi connectivity index (χ3n) is 12.9. The lowest BCUT2D eigenvalue weighted by Gasteiger charge is -2.42. The number of hydrogen-bond acceptors (Lipinski definition) is 8. The number of hydrogen-bond donors (Lipinski definition) is 0. The van der Waals surface area contributed by atoms with E-state index in [0.29, 0.717) is 19.9 Å². The Labute approximate surface area is 393 Å². The van der Waals surface area contributed by atoms with Gasteiger partial charge in [0.2, 0.25) is 0 Å². The number of anilines is 4. The summed E-state index contributed by atoms with van der Waals surface area (Å²) in [7, 11) is -1.57. The molecule has 3 aromatic heterocycles. The number of nitrogens with zero attached hydrogens (tertiary/aromatic N) is 5. The Kier molecular flexibility index (Phi) is 11.8. The minimum absolute atomic E-state index is 0.000887. The summed E-state index contributed by atoms with van der Waals surface area (Å²) in [5.74, 6) is 0.916. The highest BCUT2D eigenvalue weighted by Gasteiger charge is 2.52. The van der Waals surface area contributed by atoms with Crippen LogP contribution in [0.25, 0.3) is 27.6 Å². The number of ether oxygens (including phenoxy) is 1. The first-order chi connectivity index (χ1) is 31.2. The molecule has 4 aromatic carbocycles. The van der Waals surface area contributed by atoms with E-state index < -0.39 is 21.4 Å². The molecular formula is C54H64B3N5O4. The van der Waals surface area contributed by atoms with Crippen LogP contribution in [-0.4, -0.2) is 42.6 Å². The maximum atomic E-state index is 6.79. The minimum Gasteiger partial charge on any atom is -0.452 e. The Morgan fingerprint density at radius 1 is 0.621 bits per heavy atom. The van der Waals surface area contributed by atoms with E-state index in [0.717, 1.165) is 61.9 Å². The van der Waals surface area contributed by atoms with Crippen LogP contribution in [0.3, 0.4) is 0 Å². The van der Waals surface area contributed by atoms with Crippen molar-refractivity contribution in [2.45, 2.75) is 125 Å². The maximum Gasteiger partial charge on any atom is 0.468 e. The molecule has 12 heteroatoms. The molecule has 7 aromatic rings. The Morgan fingerprint density at radius 2 is 1.29 bits per heavy atom. The summed E-state index contributed by atoms with van der Waals surface area (Å²) < 4.78 is 28.9. The van der Waals surface area contributed by atoms with E-state index in [1.54, 1.807) is 0 Å². The molecule has 66 heavy (non-hydrogen) atoms. The van der Waals surface area contributed by atoms with Crippen LogP contribution in [0.15, 0.2) is 116 Å². The topological polar surface area (TPSA) is 74.1 Å². The second-order valence-electron chi connectivity index (χ2n) is 22.4. The van der Waals surface area contributed by atoms with E-state index in [2.05, 4.69) is 208 Å². The molecule has 0 bridgehead atoms. The summed E-state index contributed by atoms with van der Waals surface area (Å²) in [6.07, 6.45) is 3.91. The van der Waals surface area contributed by atoms with Crippen molar-refractivity contribution in [1.82, 2.24) is 14.5 Å². The highest BCUT2D eigenvalue weighted by molar-refractivity contribution is 6.81. The molecule has 9 rings (SSSR count). The predicted molar refractivity (Wildman–Crippen MR) is 275 cm³/mol. The third-order valence-corrected chi connectivity index (χ3v) is 12.9. The number of benzene rings is 4. The molecule has 338 valence electrons. The van der Waals surface area contributed by atoms with Gasteiger partial charge in [-0.1, -0.05) is 144 Å². The maximum absolute atomic E-state index is 6.79. The SMILES string of the molecule is Cc1ncc(N2CN(c3c(B4OB(C(C)(C)C)OB(C(C)(C)C)O4)cccc3C(C)(C)C)c3ccccc32)cc1COCc1ccc2c3ccccc3n(-c3cc(C(C)(C)C)ccn3)c2c1. The summed E-state index contributed by atoms with van der Waals surface area (Å²) >= 11 is 0. The van der Waals surface area contributed by atoms with E-state index in [1.165, 1.54) is 21.9 Å². The normalized spacial score (nSPS) is 15.1. The zero-order chi connectivity index (χ0) is 46.9. The van der Waals surface area contributed by atoms with Gasteiger partial charge in [0, 0.05) is 39.4 Å². The zero-order valence-corrected chi connectivity index (χ0v) is 41.2. The molecule has 9 nitrogen and oxygen atoms in total. The molecule has 2 aliphatic rings. The average Bonchev–Trinajstić information content (AvgIpc) is 3.81. The molecular weight excluding hydrogens is 815 g/mol. The fraction of sp³-hybridized carbons (Fsp3) is 0.370. The number of aromatic nitrogens is 3. The van der Waals surface area contributed by atoms with Gasteiger partial charge in [-0.05, 0) is 87.5 Å². The van der Waals surface area contributed by atoms with Gasteiger partial charge >= 0.3 is 21.4 Å². The van der Waals surface area contributed by atoms with Crippen LogP contribution in [0.4, 0.5) is 22.7 Å². The van der Waals surface area contributed by atoms with Gasteiger partial charge in [0.25, 0.3) is 0 Å². The van der Waals surface area contributed by atoms with Crippen molar-refractivity contribution < 1.29 is 18.5 Å². The number of aryl methyl sites for hydroxylation is 1. The second-order valence-corrected chi connectivity index (χ2v) is 22.4. The Bertz CT molecular complexity index is 2900. The average molecular weight is 880 g/mol. The fourth-order valence-corrected chi connectivity index (χ4v) is 9.18. The summed E-state index contributed by atoms with van der Waals surface area (Å²) in [4.78, 5) is 14.6. The Morgan fingerprint density at radius 3 is 1.97 bits per heavy atom. The smallest absolute Gasteiger partial charge is 0.452 e. The Hall–Kier alpha value is -5.39.